The molecule has 0 aromatic carbocycles. The van der Waals surface area contributed by atoms with Gasteiger partial charge in [-0.05, 0) is 96.0 Å². The van der Waals surface area contributed by atoms with Crippen molar-refractivity contribution in [3.63, 3.8) is 0 Å². The molecule has 8 atom stereocenters. The first-order valence-electron chi connectivity index (χ1n) is 12.3. The molecule has 0 unspecified atom stereocenters. The summed E-state index contributed by atoms with van der Waals surface area (Å²) >= 11 is 0. The molecular weight excluding hydrogens is 352 g/mol. The normalized spacial score (nSPS) is 43.7. The fourth-order valence-corrected chi connectivity index (χ4v) is 7.61. The minimum Gasteiger partial charge on any atom is -0.295 e. The van der Waals surface area contributed by atoms with Gasteiger partial charge in [0.15, 0.2) is 5.78 Å². The lowest BCUT2D eigenvalue weighted by Gasteiger charge is -2.56. The van der Waals surface area contributed by atoms with E-state index in [2.05, 4.69) is 65.8 Å². The summed E-state index contributed by atoms with van der Waals surface area (Å²) in [6.07, 6.45) is 19.1. The van der Waals surface area contributed by atoms with E-state index >= 15 is 0 Å². The van der Waals surface area contributed by atoms with Gasteiger partial charge in [0.05, 0.1) is 0 Å². The number of hydrogen-bond acceptors (Lipinski definition) is 1. The molecule has 0 spiro atoms. The first kappa shape index (κ1) is 21.1. The minimum atomic E-state index is 0.227. The third kappa shape index (κ3) is 3.41. The maximum atomic E-state index is 12.0. The molecule has 0 aromatic rings. The summed E-state index contributed by atoms with van der Waals surface area (Å²) in [7, 11) is 0. The molecule has 0 aliphatic heterocycles. The zero-order chi connectivity index (χ0) is 21.0. The summed E-state index contributed by atoms with van der Waals surface area (Å²) in [6, 6.07) is 0. The van der Waals surface area contributed by atoms with Crippen LogP contribution in [0, 0.1) is 52.3 Å². The summed E-state index contributed by atoms with van der Waals surface area (Å²) in [5, 5.41) is 0. The molecule has 2 fully saturated rings. The van der Waals surface area contributed by atoms with Crippen LogP contribution in [-0.4, -0.2) is 5.78 Å². The van der Waals surface area contributed by atoms with E-state index in [1.165, 1.54) is 31.3 Å². The summed E-state index contributed by atoms with van der Waals surface area (Å²) in [5.74, 6) is 5.46. The van der Waals surface area contributed by atoms with Crippen LogP contribution in [0.15, 0.2) is 36.0 Å². The van der Waals surface area contributed by atoms with Gasteiger partial charge in [-0.2, -0.15) is 0 Å². The van der Waals surface area contributed by atoms with Crippen LogP contribution in [0.3, 0.4) is 0 Å². The van der Waals surface area contributed by atoms with Crippen LogP contribution in [0.5, 0.6) is 0 Å². The Hall–Kier alpha value is -1.11. The number of fused-ring (bicyclic) bond motifs is 5. The van der Waals surface area contributed by atoms with Crippen molar-refractivity contribution >= 4 is 5.78 Å². The van der Waals surface area contributed by atoms with Crippen LogP contribution < -0.4 is 0 Å². The molecule has 1 nitrogen and oxygen atoms in total. The van der Waals surface area contributed by atoms with Crippen LogP contribution in [0.2, 0.25) is 0 Å². The van der Waals surface area contributed by atoms with E-state index in [0.717, 1.165) is 36.5 Å². The Balaban J connectivity index is 1.57. The van der Waals surface area contributed by atoms with Gasteiger partial charge in [0.25, 0.3) is 0 Å². The Bertz CT molecular complexity index is 739. The third-order valence-corrected chi connectivity index (χ3v) is 9.99. The molecule has 4 aliphatic rings. The molecule has 0 bridgehead atoms. The molecule has 0 heterocycles. The average Bonchev–Trinajstić information content (AvgIpc) is 3.03. The number of rotatable bonds is 4. The number of allylic oxidation sites excluding steroid dienone is 6. The third-order valence-electron chi connectivity index (χ3n) is 9.99. The van der Waals surface area contributed by atoms with Crippen molar-refractivity contribution in [2.24, 2.45) is 52.3 Å². The second-order valence-corrected chi connectivity index (χ2v) is 11.7. The van der Waals surface area contributed by atoms with Gasteiger partial charge in [0, 0.05) is 6.42 Å². The van der Waals surface area contributed by atoms with Crippen LogP contribution in [0.25, 0.3) is 0 Å². The molecular formula is C28H42O. The molecule has 0 saturated heterocycles. The minimum absolute atomic E-state index is 0.227. The Morgan fingerprint density at radius 3 is 2.48 bits per heavy atom. The van der Waals surface area contributed by atoms with Gasteiger partial charge in [-0.15, -0.1) is 0 Å². The standard InChI is InChI=1S/C28H42O/c1-18(2)19(3)7-8-20(4)24-11-12-25-23-10-9-21-17-22(29)13-15-27(21,5)26(23)14-16-28(24,25)6/h7-10,17-20,23-26H,11-16H2,1-6H3/b8-7+/t19-,20+,23-,24-,25+,26+,27+,28+/m0/s1. The highest BCUT2D eigenvalue weighted by Gasteiger charge is 2.58. The van der Waals surface area contributed by atoms with E-state index in [9.17, 15) is 4.79 Å². The van der Waals surface area contributed by atoms with E-state index < -0.39 is 0 Å². The quantitative estimate of drug-likeness (QED) is 0.454. The number of hydrogen-bond donors (Lipinski definition) is 0. The number of carbonyl (C=O) groups excluding carboxylic acids is 1. The van der Waals surface area contributed by atoms with E-state index in [1.807, 2.05) is 6.08 Å². The van der Waals surface area contributed by atoms with Crippen molar-refractivity contribution < 1.29 is 4.79 Å². The van der Waals surface area contributed by atoms with Crippen molar-refractivity contribution in [1.29, 1.82) is 0 Å². The van der Waals surface area contributed by atoms with Crippen molar-refractivity contribution in [3.05, 3.63) is 36.0 Å². The van der Waals surface area contributed by atoms with Crippen LogP contribution >= 0.6 is 0 Å². The number of ketones is 1. The Kier molecular flexibility index (Phi) is 5.50. The lowest BCUT2D eigenvalue weighted by atomic mass is 9.48. The van der Waals surface area contributed by atoms with Gasteiger partial charge in [0.2, 0.25) is 0 Å². The highest BCUT2D eigenvalue weighted by atomic mass is 16.1. The van der Waals surface area contributed by atoms with Gasteiger partial charge in [0.1, 0.15) is 0 Å². The van der Waals surface area contributed by atoms with E-state index in [0.29, 0.717) is 29.0 Å². The Labute approximate surface area is 179 Å². The average molecular weight is 395 g/mol. The summed E-state index contributed by atoms with van der Waals surface area (Å²) in [4.78, 5) is 12.0. The molecule has 4 aliphatic carbocycles. The monoisotopic (exact) mass is 394 g/mol. The maximum absolute atomic E-state index is 12.0. The fourth-order valence-electron chi connectivity index (χ4n) is 7.61. The molecule has 160 valence electrons. The van der Waals surface area contributed by atoms with E-state index in [1.54, 1.807) is 0 Å². The first-order valence-corrected chi connectivity index (χ1v) is 12.3. The predicted molar refractivity (Wildman–Crippen MR) is 122 cm³/mol. The maximum Gasteiger partial charge on any atom is 0.156 e. The van der Waals surface area contributed by atoms with Gasteiger partial charge in [-0.3, -0.25) is 4.79 Å². The summed E-state index contributed by atoms with van der Waals surface area (Å²) in [5.41, 5.74) is 2.02. The zero-order valence-electron chi connectivity index (χ0n) is 19.6. The lowest BCUT2D eigenvalue weighted by Crippen LogP contribution is -2.49. The largest absolute Gasteiger partial charge is 0.295 e. The topological polar surface area (TPSA) is 17.1 Å². The summed E-state index contributed by atoms with van der Waals surface area (Å²) in [6.45, 7) is 14.6. The van der Waals surface area contributed by atoms with Gasteiger partial charge < -0.3 is 0 Å². The van der Waals surface area contributed by atoms with Crippen molar-refractivity contribution in [3.8, 4) is 0 Å². The highest BCUT2D eigenvalue weighted by molar-refractivity contribution is 5.92. The van der Waals surface area contributed by atoms with Crippen LogP contribution in [0.1, 0.15) is 80.1 Å². The molecule has 2 saturated carbocycles. The summed E-state index contributed by atoms with van der Waals surface area (Å²) < 4.78 is 0. The number of carbonyl (C=O) groups is 1. The molecule has 4 rings (SSSR count). The molecule has 29 heavy (non-hydrogen) atoms. The molecule has 0 radical (unpaired) electrons. The highest BCUT2D eigenvalue weighted by Crippen LogP contribution is 2.66. The van der Waals surface area contributed by atoms with Crippen LogP contribution in [-0.2, 0) is 4.79 Å². The van der Waals surface area contributed by atoms with Gasteiger partial charge >= 0.3 is 0 Å². The smallest absolute Gasteiger partial charge is 0.156 e. The van der Waals surface area contributed by atoms with Crippen molar-refractivity contribution in [2.75, 3.05) is 0 Å². The predicted octanol–water partition coefficient (Wildman–Crippen LogP) is 7.39. The SMILES string of the molecule is CC(C)[C@@H](C)/C=C/[C@@H](C)[C@@H]1CC[C@@H]2[C@@H]3C=CC4=CC(=O)CC[C@@]4(C)[C@@H]3CC[C@@]21C. The Morgan fingerprint density at radius 1 is 1.00 bits per heavy atom. The molecule has 0 amide bonds. The molecule has 0 N–H and O–H groups in total. The Morgan fingerprint density at radius 2 is 1.76 bits per heavy atom. The molecule has 1 heteroatoms. The second kappa shape index (κ2) is 7.54. The second-order valence-electron chi connectivity index (χ2n) is 11.7. The van der Waals surface area contributed by atoms with E-state index in [-0.39, 0.29) is 5.41 Å². The first-order chi connectivity index (χ1) is 13.7. The fraction of sp³-hybridized carbons (Fsp3) is 0.750. The lowest BCUT2D eigenvalue weighted by molar-refractivity contribution is -0.116. The van der Waals surface area contributed by atoms with Gasteiger partial charge in [-0.25, -0.2) is 0 Å². The van der Waals surface area contributed by atoms with Crippen LogP contribution in [0.4, 0.5) is 0 Å². The van der Waals surface area contributed by atoms with E-state index in [4.69, 9.17) is 0 Å². The van der Waals surface area contributed by atoms with Gasteiger partial charge in [-0.1, -0.05) is 65.8 Å². The zero-order valence-corrected chi connectivity index (χ0v) is 19.6. The molecule has 0 aromatic heterocycles. The van der Waals surface area contributed by atoms with Crippen molar-refractivity contribution in [1.82, 2.24) is 0 Å². The van der Waals surface area contributed by atoms with Crippen molar-refractivity contribution in [2.45, 2.75) is 80.1 Å².